The lowest BCUT2D eigenvalue weighted by atomic mass is 10.1. The fraction of sp³-hybridized carbons (Fsp3) is 0.438. The molecule has 5 heteroatoms. The van der Waals surface area contributed by atoms with Crippen molar-refractivity contribution in [1.82, 2.24) is 4.90 Å². The van der Waals surface area contributed by atoms with E-state index >= 15 is 0 Å². The van der Waals surface area contributed by atoms with E-state index in [1.54, 1.807) is 19.2 Å². The summed E-state index contributed by atoms with van der Waals surface area (Å²) in [7, 11) is 1.66. The van der Waals surface area contributed by atoms with Crippen LogP contribution in [0.3, 0.4) is 0 Å². The van der Waals surface area contributed by atoms with Gasteiger partial charge in [-0.2, -0.15) is 0 Å². The minimum Gasteiger partial charge on any atom is -0.478 e. The van der Waals surface area contributed by atoms with Gasteiger partial charge in [0.15, 0.2) is 0 Å². The molecule has 0 bridgehead atoms. The van der Waals surface area contributed by atoms with Crippen LogP contribution in [0.15, 0.2) is 24.3 Å². The van der Waals surface area contributed by atoms with Gasteiger partial charge in [-0.15, -0.1) is 0 Å². The Bertz CT molecular complexity index is 500. The molecule has 1 aromatic rings. The predicted octanol–water partition coefficient (Wildman–Crippen LogP) is 2.78. The van der Waals surface area contributed by atoms with Gasteiger partial charge >= 0.3 is 5.97 Å². The van der Waals surface area contributed by atoms with E-state index in [1.165, 1.54) is 12.1 Å². The number of carboxylic acids is 1. The number of carboxylic acid groups (broad SMARTS) is 1. The predicted molar refractivity (Wildman–Crippen MR) is 80.5 cm³/mol. The summed E-state index contributed by atoms with van der Waals surface area (Å²) in [5.41, 5.74) is 1.22. The van der Waals surface area contributed by atoms with Crippen LogP contribution in [0.5, 0.6) is 0 Å². The normalized spacial score (nSPS) is 11.7. The third kappa shape index (κ3) is 6.06. The van der Waals surface area contributed by atoms with Crippen LogP contribution in [-0.2, 0) is 16.1 Å². The Morgan fingerprint density at radius 1 is 1.48 bits per heavy atom. The average molecular weight is 295 g/mol. The first-order valence-electron chi connectivity index (χ1n) is 6.86. The average Bonchev–Trinajstić information content (AvgIpc) is 2.43. The molecule has 0 radical (unpaired) electrons. The van der Waals surface area contributed by atoms with Crippen molar-refractivity contribution in [3.05, 3.63) is 41.2 Å². The second-order valence-corrected chi connectivity index (χ2v) is 5.08. The van der Waals surface area contributed by atoms with E-state index in [9.17, 15) is 9.18 Å². The first kappa shape index (κ1) is 17.3. The molecule has 0 heterocycles. The van der Waals surface area contributed by atoms with Crippen molar-refractivity contribution < 1.29 is 19.0 Å². The zero-order valence-corrected chi connectivity index (χ0v) is 12.7. The fourth-order valence-electron chi connectivity index (χ4n) is 1.94. The van der Waals surface area contributed by atoms with Crippen molar-refractivity contribution in [2.24, 2.45) is 0 Å². The molecule has 0 saturated carbocycles. The standard InChI is InChI=1S/C16H22FNO3/c1-12(2)18(8-9-21-3)11-13-4-6-15(17)14(10-13)5-7-16(19)20/h4-7,10,12H,8-9,11H2,1-3H3,(H,19,20)/b7-5+. The van der Waals surface area contributed by atoms with E-state index in [0.717, 1.165) is 18.2 Å². The van der Waals surface area contributed by atoms with Gasteiger partial charge in [-0.3, -0.25) is 4.90 Å². The topological polar surface area (TPSA) is 49.8 Å². The van der Waals surface area contributed by atoms with Gasteiger partial charge in [-0.05, 0) is 37.6 Å². The van der Waals surface area contributed by atoms with Crippen molar-refractivity contribution in [3.8, 4) is 0 Å². The molecule has 0 atom stereocenters. The van der Waals surface area contributed by atoms with Crippen LogP contribution in [0.4, 0.5) is 4.39 Å². The number of benzene rings is 1. The summed E-state index contributed by atoms with van der Waals surface area (Å²) in [6.45, 7) is 6.25. The highest BCUT2D eigenvalue weighted by molar-refractivity contribution is 5.85. The SMILES string of the molecule is COCCN(Cc1ccc(F)c(/C=C/C(=O)O)c1)C(C)C. The van der Waals surface area contributed by atoms with Crippen molar-refractivity contribution in [3.63, 3.8) is 0 Å². The summed E-state index contributed by atoms with van der Waals surface area (Å²) < 4.78 is 18.7. The van der Waals surface area contributed by atoms with Crippen molar-refractivity contribution >= 4 is 12.0 Å². The van der Waals surface area contributed by atoms with Gasteiger partial charge in [-0.1, -0.05) is 6.07 Å². The Balaban J connectivity index is 2.87. The molecule has 1 aromatic carbocycles. The summed E-state index contributed by atoms with van der Waals surface area (Å²) in [4.78, 5) is 12.7. The van der Waals surface area contributed by atoms with Crippen LogP contribution in [0.1, 0.15) is 25.0 Å². The maximum absolute atomic E-state index is 13.6. The lowest BCUT2D eigenvalue weighted by Gasteiger charge is -2.26. The minimum atomic E-state index is -1.09. The Kier molecular flexibility index (Phi) is 7.05. The first-order chi connectivity index (χ1) is 9.93. The third-order valence-corrected chi connectivity index (χ3v) is 3.16. The molecule has 0 aliphatic rings. The largest absolute Gasteiger partial charge is 0.478 e. The molecule has 0 aliphatic carbocycles. The van der Waals surface area contributed by atoms with E-state index in [-0.39, 0.29) is 5.56 Å². The summed E-state index contributed by atoms with van der Waals surface area (Å²) in [6, 6.07) is 5.10. The molecule has 0 aliphatic heterocycles. The smallest absolute Gasteiger partial charge is 0.328 e. The minimum absolute atomic E-state index is 0.283. The van der Waals surface area contributed by atoms with E-state index < -0.39 is 11.8 Å². The highest BCUT2D eigenvalue weighted by Gasteiger charge is 2.11. The highest BCUT2D eigenvalue weighted by Crippen LogP contribution is 2.15. The molecular weight excluding hydrogens is 273 g/mol. The van der Waals surface area contributed by atoms with Crippen molar-refractivity contribution in [2.75, 3.05) is 20.3 Å². The van der Waals surface area contributed by atoms with E-state index in [1.807, 2.05) is 0 Å². The van der Waals surface area contributed by atoms with Gasteiger partial charge in [0.1, 0.15) is 5.82 Å². The number of halogens is 1. The number of methoxy groups -OCH3 is 1. The van der Waals surface area contributed by atoms with Gasteiger partial charge in [-0.25, -0.2) is 9.18 Å². The van der Waals surface area contributed by atoms with Crippen LogP contribution in [0.25, 0.3) is 6.08 Å². The van der Waals surface area contributed by atoms with Crippen LogP contribution >= 0.6 is 0 Å². The Labute approximate surface area is 124 Å². The third-order valence-electron chi connectivity index (χ3n) is 3.16. The van der Waals surface area contributed by atoms with Crippen molar-refractivity contribution in [2.45, 2.75) is 26.4 Å². The monoisotopic (exact) mass is 295 g/mol. The second kappa shape index (κ2) is 8.54. The summed E-state index contributed by atoms with van der Waals surface area (Å²) in [6.07, 6.45) is 2.21. The maximum Gasteiger partial charge on any atom is 0.328 e. The summed E-state index contributed by atoms with van der Waals surface area (Å²) in [5, 5.41) is 8.62. The molecule has 1 rings (SSSR count). The number of hydrogen-bond acceptors (Lipinski definition) is 3. The summed E-state index contributed by atoms with van der Waals surface area (Å²) >= 11 is 0. The zero-order chi connectivity index (χ0) is 15.8. The van der Waals surface area contributed by atoms with Crippen LogP contribution in [0, 0.1) is 5.82 Å². The molecule has 116 valence electrons. The molecule has 0 fully saturated rings. The number of aliphatic carboxylic acids is 1. The number of ether oxygens (including phenoxy) is 1. The second-order valence-electron chi connectivity index (χ2n) is 5.08. The number of nitrogens with zero attached hydrogens (tertiary/aromatic N) is 1. The quantitative estimate of drug-likeness (QED) is 0.749. The Morgan fingerprint density at radius 2 is 2.19 bits per heavy atom. The number of rotatable bonds is 8. The van der Waals surface area contributed by atoms with Gasteiger partial charge in [0.25, 0.3) is 0 Å². The van der Waals surface area contributed by atoms with Gasteiger partial charge in [0.2, 0.25) is 0 Å². The molecule has 0 spiro atoms. The van der Waals surface area contributed by atoms with Crippen molar-refractivity contribution in [1.29, 1.82) is 0 Å². The fourth-order valence-corrected chi connectivity index (χ4v) is 1.94. The highest BCUT2D eigenvalue weighted by atomic mass is 19.1. The molecule has 0 aromatic heterocycles. The Hall–Kier alpha value is -1.72. The van der Waals surface area contributed by atoms with E-state index in [2.05, 4.69) is 18.7 Å². The summed E-state index contributed by atoms with van der Waals surface area (Å²) in [5.74, 6) is -1.52. The molecule has 0 saturated heterocycles. The lowest BCUT2D eigenvalue weighted by Crippen LogP contribution is -2.33. The molecule has 0 amide bonds. The van der Waals surface area contributed by atoms with Crippen LogP contribution < -0.4 is 0 Å². The van der Waals surface area contributed by atoms with Gasteiger partial charge < -0.3 is 9.84 Å². The Morgan fingerprint density at radius 3 is 2.76 bits per heavy atom. The molecule has 4 nitrogen and oxygen atoms in total. The van der Waals surface area contributed by atoms with Crippen LogP contribution in [0.2, 0.25) is 0 Å². The van der Waals surface area contributed by atoms with E-state index in [4.69, 9.17) is 9.84 Å². The zero-order valence-electron chi connectivity index (χ0n) is 12.7. The van der Waals surface area contributed by atoms with Gasteiger partial charge in [0, 0.05) is 37.9 Å². The number of hydrogen-bond donors (Lipinski definition) is 1. The van der Waals surface area contributed by atoms with Crippen LogP contribution in [-0.4, -0.2) is 42.3 Å². The van der Waals surface area contributed by atoms with E-state index in [0.29, 0.717) is 19.2 Å². The lowest BCUT2D eigenvalue weighted by molar-refractivity contribution is -0.131. The molecule has 21 heavy (non-hydrogen) atoms. The number of carbonyl (C=O) groups is 1. The van der Waals surface area contributed by atoms with Gasteiger partial charge in [0.05, 0.1) is 6.61 Å². The molecular formula is C16H22FNO3. The molecule has 1 N–H and O–H groups in total. The molecule has 0 unspecified atom stereocenters. The maximum atomic E-state index is 13.6. The first-order valence-corrected chi connectivity index (χ1v) is 6.86.